The lowest BCUT2D eigenvalue weighted by Crippen LogP contribution is -2.58. The highest BCUT2D eigenvalue weighted by atomic mass is 19.1. The molecule has 38 heavy (non-hydrogen) atoms. The van der Waals surface area contributed by atoms with Crippen molar-refractivity contribution in [3.05, 3.63) is 65.5 Å². The molecule has 0 unspecified atom stereocenters. The van der Waals surface area contributed by atoms with Gasteiger partial charge >= 0.3 is 0 Å². The molecule has 2 atom stereocenters. The Bertz CT molecular complexity index is 1070. The van der Waals surface area contributed by atoms with E-state index in [9.17, 15) is 9.18 Å². The average molecular weight is 521 g/mol. The number of carbonyl (C=O) groups is 1. The first-order valence-electron chi connectivity index (χ1n) is 14.6. The summed E-state index contributed by atoms with van der Waals surface area (Å²) in [4.78, 5) is 22.6. The number of likely N-dealkylation sites (tertiary alicyclic amines) is 1. The monoisotopic (exact) mass is 520 g/mol. The molecule has 0 bridgehead atoms. The second kappa shape index (κ2) is 11.7. The van der Waals surface area contributed by atoms with Crippen LogP contribution < -0.4 is 4.90 Å². The molecule has 3 aliphatic heterocycles. The Morgan fingerprint density at radius 2 is 1.53 bits per heavy atom. The summed E-state index contributed by atoms with van der Waals surface area (Å²) in [5.74, 6) is 0.616. The smallest absolute Gasteiger partial charge is 0.222 e. The molecule has 3 saturated heterocycles. The molecule has 3 fully saturated rings. The third kappa shape index (κ3) is 5.61. The van der Waals surface area contributed by atoms with Crippen LogP contribution >= 0.6 is 0 Å². The molecule has 6 rings (SSSR count). The summed E-state index contributed by atoms with van der Waals surface area (Å²) in [6.45, 7) is 8.51. The molecule has 3 heterocycles. The Kier molecular flexibility index (Phi) is 7.95. The second-order valence-corrected chi connectivity index (χ2v) is 11.4. The lowest BCUT2D eigenvalue weighted by molar-refractivity contribution is -0.135. The summed E-state index contributed by atoms with van der Waals surface area (Å²) in [6, 6.07) is 17.1. The van der Waals surface area contributed by atoms with E-state index in [0.29, 0.717) is 37.6 Å². The summed E-state index contributed by atoms with van der Waals surface area (Å²) in [5, 5.41) is 0. The van der Waals surface area contributed by atoms with Crippen molar-refractivity contribution in [2.24, 2.45) is 5.92 Å². The molecular formula is C31H41FN4O2. The van der Waals surface area contributed by atoms with Gasteiger partial charge in [0.25, 0.3) is 0 Å². The van der Waals surface area contributed by atoms with E-state index in [1.54, 1.807) is 12.1 Å². The Morgan fingerprint density at radius 1 is 0.842 bits per heavy atom. The van der Waals surface area contributed by atoms with Crippen LogP contribution in [0, 0.1) is 11.7 Å². The number of morpholine rings is 1. The summed E-state index contributed by atoms with van der Waals surface area (Å²) in [5.41, 5.74) is 3.72. The van der Waals surface area contributed by atoms with Crippen molar-refractivity contribution in [2.75, 3.05) is 70.5 Å². The molecule has 0 radical (unpaired) electrons. The van der Waals surface area contributed by atoms with Gasteiger partial charge < -0.3 is 14.5 Å². The van der Waals surface area contributed by atoms with Crippen molar-refractivity contribution in [1.29, 1.82) is 0 Å². The van der Waals surface area contributed by atoms with Gasteiger partial charge in [-0.15, -0.1) is 0 Å². The number of piperazine rings is 1. The zero-order valence-electron chi connectivity index (χ0n) is 22.4. The minimum Gasteiger partial charge on any atom is -0.378 e. The molecule has 0 saturated carbocycles. The number of para-hydroxylation sites is 1. The maximum absolute atomic E-state index is 14.4. The number of benzene rings is 2. The number of rotatable bonds is 6. The van der Waals surface area contributed by atoms with Crippen LogP contribution in [-0.4, -0.2) is 98.3 Å². The number of halogens is 1. The van der Waals surface area contributed by atoms with Gasteiger partial charge in [-0.3, -0.25) is 14.6 Å². The number of nitrogens with zero attached hydrogens (tertiary/aromatic N) is 4. The minimum absolute atomic E-state index is 0.133. The summed E-state index contributed by atoms with van der Waals surface area (Å²) < 4.78 is 19.9. The number of piperidine rings is 1. The summed E-state index contributed by atoms with van der Waals surface area (Å²) in [6.07, 6.45) is 4.98. The lowest BCUT2D eigenvalue weighted by atomic mass is 9.85. The fourth-order valence-corrected chi connectivity index (χ4v) is 7.22. The molecule has 0 aromatic heterocycles. The van der Waals surface area contributed by atoms with E-state index in [-0.39, 0.29) is 11.7 Å². The fraction of sp³-hybridized carbons (Fsp3) is 0.581. The first-order valence-corrected chi connectivity index (χ1v) is 14.6. The Hall–Kier alpha value is -2.48. The first-order chi connectivity index (χ1) is 18.7. The number of hydrogen-bond donors (Lipinski definition) is 0. The van der Waals surface area contributed by atoms with Crippen molar-refractivity contribution in [3.63, 3.8) is 0 Å². The van der Waals surface area contributed by atoms with Gasteiger partial charge in [-0.1, -0.05) is 36.4 Å². The lowest BCUT2D eigenvalue weighted by Gasteiger charge is -2.48. The van der Waals surface area contributed by atoms with Gasteiger partial charge in [0.1, 0.15) is 5.82 Å². The quantitative estimate of drug-likeness (QED) is 0.584. The van der Waals surface area contributed by atoms with Gasteiger partial charge in [0.05, 0.1) is 18.9 Å². The molecule has 2 aromatic rings. The van der Waals surface area contributed by atoms with Gasteiger partial charge in [0.15, 0.2) is 0 Å². The predicted molar refractivity (Wildman–Crippen MR) is 148 cm³/mol. The van der Waals surface area contributed by atoms with Crippen LogP contribution in [0.4, 0.5) is 10.1 Å². The van der Waals surface area contributed by atoms with Crippen molar-refractivity contribution in [2.45, 2.75) is 44.2 Å². The van der Waals surface area contributed by atoms with Crippen LogP contribution in [0.2, 0.25) is 0 Å². The van der Waals surface area contributed by atoms with Crippen molar-refractivity contribution in [3.8, 4) is 0 Å². The number of ether oxygens (including phenoxy) is 1. The van der Waals surface area contributed by atoms with Crippen molar-refractivity contribution < 1.29 is 13.9 Å². The molecule has 4 aliphatic rings. The number of amides is 1. The van der Waals surface area contributed by atoms with Gasteiger partial charge in [0.2, 0.25) is 5.91 Å². The largest absolute Gasteiger partial charge is 0.378 e. The van der Waals surface area contributed by atoms with Crippen molar-refractivity contribution in [1.82, 2.24) is 14.7 Å². The number of fused-ring (bicyclic) bond motifs is 1. The van der Waals surface area contributed by atoms with Crippen LogP contribution in [0.1, 0.15) is 30.4 Å². The SMILES string of the molecule is O=C(CC[C@H]1CN(C2Cc3ccccc3C2)CC[C@H]1N1CCN(c2ccccc2F)CC1)N1CCOCC1. The number of anilines is 1. The minimum atomic E-state index is -0.133. The molecule has 7 heteroatoms. The average Bonchev–Trinajstić information content (AvgIpc) is 3.41. The molecule has 1 aliphatic carbocycles. The first kappa shape index (κ1) is 25.8. The van der Waals surface area contributed by atoms with Gasteiger partial charge in [-0.2, -0.15) is 0 Å². The van der Waals surface area contributed by atoms with E-state index >= 15 is 0 Å². The second-order valence-electron chi connectivity index (χ2n) is 11.4. The van der Waals surface area contributed by atoms with E-state index in [4.69, 9.17) is 4.74 Å². The third-order valence-electron chi connectivity index (χ3n) is 9.34. The van der Waals surface area contributed by atoms with Gasteiger partial charge in [-0.25, -0.2) is 4.39 Å². The molecule has 0 N–H and O–H groups in total. The zero-order valence-corrected chi connectivity index (χ0v) is 22.4. The van der Waals surface area contributed by atoms with Crippen LogP contribution in [-0.2, 0) is 22.4 Å². The Morgan fingerprint density at radius 3 is 2.24 bits per heavy atom. The van der Waals surface area contributed by atoms with E-state index in [2.05, 4.69) is 39.0 Å². The van der Waals surface area contributed by atoms with Gasteiger partial charge in [-0.05, 0) is 61.4 Å². The van der Waals surface area contributed by atoms with Crippen LogP contribution in [0.5, 0.6) is 0 Å². The molecule has 6 nitrogen and oxygen atoms in total. The molecule has 2 aromatic carbocycles. The maximum Gasteiger partial charge on any atom is 0.222 e. The Balaban J connectivity index is 1.11. The number of hydrogen-bond acceptors (Lipinski definition) is 5. The molecular weight excluding hydrogens is 479 g/mol. The Labute approximate surface area is 226 Å². The highest BCUT2D eigenvalue weighted by Crippen LogP contribution is 2.33. The van der Waals surface area contributed by atoms with Crippen LogP contribution in [0.25, 0.3) is 0 Å². The van der Waals surface area contributed by atoms with E-state index in [1.807, 2.05) is 17.0 Å². The molecule has 0 spiro atoms. The normalized spacial score (nSPS) is 25.5. The van der Waals surface area contributed by atoms with Crippen molar-refractivity contribution >= 4 is 11.6 Å². The number of carbonyl (C=O) groups excluding carboxylic acids is 1. The summed E-state index contributed by atoms with van der Waals surface area (Å²) in [7, 11) is 0. The van der Waals surface area contributed by atoms with Gasteiger partial charge in [0, 0.05) is 64.3 Å². The molecule has 1 amide bonds. The topological polar surface area (TPSA) is 39.3 Å². The van der Waals surface area contributed by atoms with E-state index in [1.165, 1.54) is 11.1 Å². The highest BCUT2D eigenvalue weighted by Gasteiger charge is 2.38. The standard InChI is InChI=1S/C31H41FN4O2/c32-28-7-3-4-8-30(28)34-15-13-33(14-16-34)29-11-12-36(27-21-24-5-1-2-6-25(24)22-27)23-26(29)9-10-31(37)35-17-19-38-20-18-35/h1-8,26-27,29H,9-23H2/t26-,29+/m0/s1. The van der Waals surface area contributed by atoms with Crippen LogP contribution in [0.15, 0.2) is 48.5 Å². The van der Waals surface area contributed by atoms with E-state index < -0.39 is 0 Å². The predicted octanol–water partition coefficient (Wildman–Crippen LogP) is 3.44. The highest BCUT2D eigenvalue weighted by molar-refractivity contribution is 5.76. The zero-order chi connectivity index (χ0) is 25.9. The maximum atomic E-state index is 14.4. The van der Waals surface area contributed by atoms with Crippen LogP contribution in [0.3, 0.4) is 0 Å². The summed E-state index contributed by atoms with van der Waals surface area (Å²) >= 11 is 0. The molecule has 204 valence electrons. The van der Waals surface area contributed by atoms with E-state index in [0.717, 1.165) is 83.7 Å². The third-order valence-corrected chi connectivity index (χ3v) is 9.34. The fourth-order valence-electron chi connectivity index (χ4n) is 7.22.